The first-order valence-electron chi connectivity index (χ1n) is 29.4. The summed E-state index contributed by atoms with van der Waals surface area (Å²) in [6, 6.07) is 0. The maximum absolute atomic E-state index is 12.9. The Bertz CT molecular complexity index is 1460. The molecule has 1 atom stereocenters. The zero-order valence-corrected chi connectivity index (χ0v) is 46.2. The van der Waals surface area contributed by atoms with E-state index in [4.69, 9.17) is 14.2 Å². The van der Waals surface area contributed by atoms with E-state index in [-0.39, 0.29) is 31.1 Å². The Kier molecular flexibility index (Phi) is 55.4. The SMILES string of the molecule is CC/C=C\C/C=C\C/C=C\C/C=C\C/C=C\CCCCCCCC(=O)OCC(COC(=O)CCCCCCC/C=C\C/C=C\CCCC)OC(=O)CCCCCCCCC/C=C\C/C=C\CCCCCC. The van der Waals surface area contributed by atoms with Crippen molar-refractivity contribution in [2.24, 2.45) is 0 Å². The summed E-state index contributed by atoms with van der Waals surface area (Å²) in [4.78, 5) is 38.2. The summed E-state index contributed by atoms with van der Waals surface area (Å²) in [7, 11) is 0. The lowest BCUT2D eigenvalue weighted by atomic mass is 10.1. The van der Waals surface area contributed by atoms with Gasteiger partial charge in [-0.2, -0.15) is 0 Å². The molecule has 0 aliphatic carbocycles. The van der Waals surface area contributed by atoms with E-state index in [0.29, 0.717) is 19.3 Å². The monoisotopic (exact) mass is 985 g/mol. The molecular formula is C65H108O6. The minimum atomic E-state index is -0.799. The van der Waals surface area contributed by atoms with Gasteiger partial charge in [0.2, 0.25) is 0 Å². The average molecular weight is 986 g/mol. The summed E-state index contributed by atoms with van der Waals surface area (Å²) in [6.45, 7) is 6.44. The lowest BCUT2D eigenvalue weighted by Gasteiger charge is -2.18. The second kappa shape index (κ2) is 58.6. The van der Waals surface area contributed by atoms with Crippen LogP contribution in [0.25, 0.3) is 0 Å². The molecule has 0 radical (unpaired) electrons. The van der Waals surface area contributed by atoms with E-state index in [2.05, 4.69) is 130 Å². The van der Waals surface area contributed by atoms with Gasteiger partial charge in [0.25, 0.3) is 0 Å². The minimum absolute atomic E-state index is 0.0963. The first-order valence-corrected chi connectivity index (χ1v) is 29.4. The quantitative estimate of drug-likeness (QED) is 0.0261. The zero-order valence-electron chi connectivity index (χ0n) is 46.2. The summed E-state index contributed by atoms with van der Waals surface area (Å²) < 4.78 is 16.9. The van der Waals surface area contributed by atoms with Crippen LogP contribution in [-0.2, 0) is 28.6 Å². The molecule has 6 heteroatoms. The van der Waals surface area contributed by atoms with Gasteiger partial charge in [-0.1, -0.05) is 233 Å². The van der Waals surface area contributed by atoms with Crippen molar-refractivity contribution in [1.29, 1.82) is 0 Å². The first kappa shape index (κ1) is 67.1. The summed E-state index contributed by atoms with van der Waals surface area (Å²) in [5, 5.41) is 0. The van der Waals surface area contributed by atoms with Crippen molar-refractivity contribution >= 4 is 17.9 Å². The third-order valence-corrected chi connectivity index (χ3v) is 12.2. The van der Waals surface area contributed by atoms with Crippen LogP contribution in [0.15, 0.2) is 109 Å². The molecule has 0 aliphatic rings. The van der Waals surface area contributed by atoms with Crippen LogP contribution in [0.2, 0.25) is 0 Å². The third-order valence-electron chi connectivity index (χ3n) is 12.2. The van der Waals surface area contributed by atoms with Gasteiger partial charge in [0.1, 0.15) is 13.2 Å². The van der Waals surface area contributed by atoms with Crippen molar-refractivity contribution < 1.29 is 28.6 Å². The number of esters is 3. The Hall–Kier alpha value is -3.93. The van der Waals surface area contributed by atoms with E-state index < -0.39 is 6.10 Å². The molecule has 0 aromatic rings. The molecule has 1 unspecified atom stereocenters. The van der Waals surface area contributed by atoms with Gasteiger partial charge in [-0.3, -0.25) is 14.4 Å². The second-order valence-corrected chi connectivity index (χ2v) is 19.2. The molecule has 404 valence electrons. The number of ether oxygens (including phenoxy) is 3. The molecule has 71 heavy (non-hydrogen) atoms. The summed E-state index contributed by atoms with van der Waals surface area (Å²) in [5.41, 5.74) is 0. The Morgan fingerprint density at radius 1 is 0.296 bits per heavy atom. The Labute approximate surface area is 438 Å². The highest BCUT2D eigenvalue weighted by Gasteiger charge is 2.19. The topological polar surface area (TPSA) is 78.9 Å². The van der Waals surface area contributed by atoms with Crippen molar-refractivity contribution in [3.05, 3.63) is 109 Å². The van der Waals surface area contributed by atoms with Crippen LogP contribution in [0, 0.1) is 0 Å². The smallest absolute Gasteiger partial charge is 0.306 e. The van der Waals surface area contributed by atoms with Crippen LogP contribution in [0.5, 0.6) is 0 Å². The van der Waals surface area contributed by atoms with Gasteiger partial charge >= 0.3 is 17.9 Å². The van der Waals surface area contributed by atoms with E-state index in [1.807, 2.05) is 0 Å². The molecule has 0 bridgehead atoms. The number of unbranched alkanes of at least 4 members (excludes halogenated alkanes) is 23. The number of hydrogen-bond donors (Lipinski definition) is 0. The summed E-state index contributed by atoms with van der Waals surface area (Å²) >= 11 is 0. The van der Waals surface area contributed by atoms with Crippen LogP contribution < -0.4 is 0 Å². The van der Waals surface area contributed by atoms with Gasteiger partial charge in [-0.25, -0.2) is 0 Å². The minimum Gasteiger partial charge on any atom is -0.462 e. The van der Waals surface area contributed by atoms with Gasteiger partial charge in [-0.05, 0) is 122 Å². The Morgan fingerprint density at radius 3 is 0.901 bits per heavy atom. The molecule has 0 heterocycles. The fourth-order valence-electron chi connectivity index (χ4n) is 7.81. The molecule has 0 aliphatic heterocycles. The van der Waals surface area contributed by atoms with Gasteiger partial charge in [-0.15, -0.1) is 0 Å². The fraction of sp³-hybridized carbons (Fsp3) is 0.677. The van der Waals surface area contributed by atoms with E-state index in [9.17, 15) is 14.4 Å². The lowest BCUT2D eigenvalue weighted by molar-refractivity contribution is -0.167. The van der Waals surface area contributed by atoms with Crippen LogP contribution in [0.1, 0.15) is 265 Å². The molecule has 0 saturated heterocycles. The third kappa shape index (κ3) is 56.9. The maximum atomic E-state index is 12.9. The largest absolute Gasteiger partial charge is 0.462 e. The highest BCUT2D eigenvalue weighted by Crippen LogP contribution is 2.14. The highest BCUT2D eigenvalue weighted by molar-refractivity contribution is 5.71. The molecule has 0 aromatic heterocycles. The van der Waals surface area contributed by atoms with Crippen LogP contribution in [0.3, 0.4) is 0 Å². The van der Waals surface area contributed by atoms with Crippen molar-refractivity contribution in [2.75, 3.05) is 13.2 Å². The maximum Gasteiger partial charge on any atom is 0.306 e. The lowest BCUT2D eigenvalue weighted by Crippen LogP contribution is -2.30. The van der Waals surface area contributed by atoms with E-state index in [1.54, 1.807) is 0 Å². The number of carbonyl (C=O) groups excluding carboxylic acids is 3. The van der Waals surface area contributed by atoms with Crippen molar-refractivity contribution in [1.82, 2.24) is 0 Å². The molecule has 0 saturated carbocycles. The van der Waals surface area contributed by atoms with E-state index >= 15 is 0 Å². The van der Waals surface area contributed by atoms with Crippen LogP contribution >= 0.6 is 0 Å². The number of rotatable bonds is 52. The number of hydrogen-bond acceptors (Lipinski definition) is 6. The van der Waals surface area contributed by atoms with E-state index in [1.165, 1.54) is 77.0 Å². The van der Waals surface area contributed by atoms with E-state index in [0.717, 1.165) is 148 Å². The van der Waals surface area contributed by atoms with Crippen LogP contribution in [-0.4, -0.2) is 37.2 Å². The number of allylic oxidation sites excluding steroid dienone is 18. The molecule has 0 fully saturated rings. The van der Waals surface area contributed by atoms with Crippen molar-refractivity contribution in [2.45, 2.75) is 271 Å². The second-order valence-electron chi connectivity index (χ2n) is 19.2. The summed E-state index contributed by atoms with van der Waals surface area (Å²) in [5.74, 6) is -0.934. The standard InChI is InChI=1S/C65H108O6/c1-4-7-10-13-16-19-22-25-28-30-32-33-34-36-37-40-43-46-49-52-55-58-64(67)70-61-62(60-69-63(66)57-54-51-48-45-42-39-27-24-21-18-15-12-9-6-3)71-65(68)59-56-53-50-47-44-41-38-35-31-29-26-23-20-17-14-11-8-5-2/h7,10,15-16,18-20,23-25,27-29,31-33,36-37,62H,4-6,8-9,11-14,17,21-22,26,30,34-35,38-61H2,1-3H3/b10-7-,18-15-,19-16-,23-20-,27-24-,28-25-,31-29-,33-32-,37-36-. The average Bonchev–Trinajstić information content (AvgIpc) is 3.37. The molecule has 0 amide bonds. The molecule has 6 nitrogen and oxygen atoms in total. The van der Waals surface area contributed by atoms with Crippen molar-refractivity contribution in [3.8, 4) is 0 Å². The Morgan fingerprint density at radius 2 is 0.563 bits per heavy atom. The molecule has 0 N–H and O–H groups in total. The van der Waals surface area contributed by atoms with Gasteiger partial charge in [0.05, 0.1) is 0 Å². The predicted molar refractivity (Wildman–Crippen MR) is 307 cm³/mol. The van der Waals surface area contributed by atoms with Gasteiger partial charge in [0, 0.05) is 19.3 Å². The first-order chi connectivity index (χ1) is 35.0. The highest BCUT2D eigenvalue weighted by atomic mass is 16.6. The van der Waals surface area contributed by atoms with Gasteiger partial charge < -0.3 is 14.2 Å². The molecule has 0 aromatic carbocycles. The predicted octanol–water partition coefficient (Wildman–Crippen LogP) is 19.9. The molecule has 0 rings (SSSR count). The fourth-order valence-corrected chi connectivity index (χ4v) is 7.81. The van der Waals surface area contributed by atoms with Gasteiger partial charge in [0.15, 0.2) is 6.10 Å². The van der Waals surface area contributed by atoms with Crippen LogP contribution in [0.4, 0.5) is 0 Å². The number of carbonyl (C=O) groups is 3. The molecular weight excluding hydrogens is 877 g/mol. The van der Waals surface area contributed by atoms with Crippen molar-refractivity contribution in [3.63, 3.8) is 0 Å². The normalized spacial score (nSPS) is 12.9. The zero-order chi connectivity index (χ0) is 51.4. The summed E-state index contributed by atoms with van der Waals surface area (Å²) in [6.07, 6.45) is 79.3. The Balaban J connectivity index is 4.45. The molecule has 0 spiro atoms.